The number of rotatable bonds is 4. The van der Waals surface area contributed by atoms with Crippen LogP contribution >= 0.6 is 11.3 Å². The van der Waals surface area contributed by atoms with E-state index in [1.165, 1.54) is 22.5 Å². The number of nitrogens with one attached hydrogen (secondary N) is 1. The largest absolute Gasteiger partial charge is 0.321 e. The first kappa shape index (κ1) is 15.6. The van der Waals surface area contributed by atoms with E-state index in [1.807, 2.05) is 66.7 Å². The maximum absolute atomic E-state index is 12.6. The Hall–Kier alpha value is -2.91. The summed E-state index contributed by atoms with van der Waals surface area (Å²) >= 11 is 1.52. The average Bonchev–Trinajstić information content (AvgIpc) is 3.07. The predicted molar refractivity (Wildman–Crippen MR) is 105 cm³/mol. The van der Waals surface area contributed by atoms with E-state index in [0.717, 1.165) is 27.1 Å². The molecule has 25 heavy (non-hydrogen) atoms. The monoisotopic (exact) mass is 343 g/mol. The van der Waals surface area contributed by atoms with Crippen LogP contribution in [0.25, 0.3) is 10.1 Å². The van der Waals surface area contributed by atoms with Crippen molar-refractivity contribution < 1.29 is 4.79 Å². The van der Waals surface area contributed by atoms with Crippen molar-refractivity contribution in [3.63, 3.8) is 0 Å². The summed E-state index contributed by atoms with van der Waals surface area (Å²) in [5, 5.41) is 4.12. The molecular formula is C22H17NOS. The molecule has 1 aromatic heterocycles. The highest BCUT2D eigenvalue weighted by atomic mass is 32.1. The third kappa shape index (κ3) is 3.62. The molecule has 3 aromatic carbocycles. The van der Waals surface area contributed by atoms with Crippen LogP contribution in [0.15, 0.2) is 84.9 Å². The second kappa shape index (κ2) is 6.91. The second-order valence-corrected chi connectivity index (χ2v) is 7.05. The SMILES string of the molecule is O=C(Nc1cccc(Cc2ccccc2)c1)c1cc2ccccc2s1. The standard InChI is InChI=1S/C22H17NOS/c24-22(21-15-18-10-4-5-12-20(18)25-21)23-19-11-6-9-17(14-19)13-16-7-2-1-3-8-16/h1-12,14-15H,13H2,(H,23,24). The first-order valence-corrected chi connectivity index (χ1v) is 9.02. The summed E-state index contributed by atoms with van der Waals surface area (Å²) in [6, 6.07) is 28.4. The molecule has 0 radical (unpaired) electrons. The Labute approximate surface area is 150 Å². The molecule has 0 bridgehead atoms. The van der Waals surface area contributed by atoms with E-state index >= 15 is 0 Å². The zero-order valence-electron chi connectivity index (χ0n) is 13.6. The molecule has 0 saturated carbocycles. The molecule has 0 atom stereocenters. The van der Waals surface area contributed by atoms with E-state index < -0.39 is 0 Å². The minimum Gasteiger partial charge on any atom is -0.321 e. The zero-order chi connectivity index (χ0) is 17.1. The number of hydrogen-bond donors (Lipinski definition) is 1. The third-order valence-corrected chi connectivity index (χ3v) is 5.20. The van der Waals surface area contributed by atoms with Crippen molar-refractivity contribution in [1.29, 1.82) is 0 Å². The fourth-order valence-corrected chi connectivity index (χ4v) is 3.84. The van der Waals surface area contributed by atoms with Gasteiger partial charge in [0.2, 0.25) is 0 Å². The van der Waals surface area contributed by atoms with Gasteiger partial charge < -0.3 is 5.32 Å². The Bertz CT molecular complexity index is 987. The molecule has 0 aliphatic carbocycles. The quantitative estimate of drug-likeness (QED) is 0.502. The van der Waals surface area contributed by atoms with Crippen molar-refractivity contribution in [2.45, 2.75) is 6.42 Å². The number of carbonyl (C=O) groups is 1. The molecular weight excluding hydrogens is 326 g/mol. The van der Waals surface area contributed by atoms with Crippen LogP contribution in [-0.4, -0.2) is 5.91 Å². The van der Waals surface area contributed by atoms with Gasteiger partial charge in [0.05, 0.1) is 4.88 Å². The Balaban J connectivity index is 1.52. The number of amides is 1. The molecule has 0 spiro atoms. The Morgan fingerprint density at radius 3 is 2.40 bits per heavy atom. The van der Waals surface area contributed by atoms with Crippen molar-refractivity contribution in [2.24, 2.45) is 0 Å². The van der Waals surface area contributed by atoms with Crippen molar-refractivity contribution in [1.82, 2.24) is 0 Å². The van der Waals surface area contributed by atoms with Crippen LogP contribution in [0.4, 0.5) is 5.69 Å². The highest BCUT2D eigenvalue weighted by Crippen LogP contribution is 2.26. The van der Waals surface area contributed by atoms with E-state index in [9.17, 15) is 4.79 Å². The third-order valence-electron chi connectivity index (χ3n) is 4.09. The number of carbonyl (C=O) groups excluding carboxylic acids is 1. The molecule has 1 amide bonds. The molecule has 2 nitrogen and oxygen atoms in total. The van der Waals surface area contributed by atoms with Crippen molar-refractivity contribution in [3.8, 4) is 0 Å². The van der Waals surface area contributed by atoms with E-state index in [-0.39, 0.29) is 5.91 Å². The summed E-state index contributed by atoms with van der Waals surface area (Å²) < 4.78 is 1.13. The van der Waals surface area contributed by atoms with Gasteiger partial charge in [0.25, 0.3) is 5.91 Å². The van der Waals surface area contributed by atoms with Gasteiger partial charge in [-0.2, -0.15) is 0 Å². The summed E-state index contributed by atoms with van der Waals surface area (Å²) in [5.41, 5.74) is 3.27. The highest BCUT2D eigenvalue weighted by Gasteiger charge is 2.10. The van der Waals surface area contributed by atoms with Gasteiger partial charge in [-0.25, -0.2) is 0 Å². The summed E-state index contributed by atoms with van der Waals surface area (Å²) in [5.74, 6) is -0.0574. The lowest BCUT2D eigenvalue weighted by Crippen LogP contribution is -2.10. The first-order valence-electron chi connectivity index (χ1n) is 8.21. The van der Waals surface area contributed by atoms with Crippen LogP contribution in [0.5, 0.6) is 0 Å². The summed E-state index contributed by atoms with van der Waals surface area (Å²) in [7, 11) is 0. The van der Waals surface area contributed by atoms with Crippen molar-refractivity contribution in [2.75, 3.05) is 5.32 Å². The molecule has 0 aliphatic rings. The van der Waals surface area contributed by atoms with Gasteiger partial charge in [0.1, 0.15) is 0 Å². The van der Waals surface area contributed by atoms with E-state index in [0.29, 0.717) is 0 Å². The molecule has 1 heterocycles. The number of anilines is 1. The van der Waals surface area contributed by atoms with Crippen LogP contribution in [0.2, 0.25) is 0 Å². The molecule has 122 valence electrons. The van der Waals surface area contributed by atoms with Crippen LogP contribution in [0.3, 0.4) is 0 Å². The van der Waals surface area contributed by atoms with Gasteiger partial charge in [-0.15, -0.1) is 11.3 Å². The summed E-state index contributed by atoms with van der Waals surface area (Å²) in [4.78, 5) is 13.3. The lowest BCUT2D eigenvalue weighted by Gasteiger charge is -2.07. The average molecular weight is 343 g/mol. The lowest BCUT2D eigenvalue weighted by molar-refractivity contribution is 0.103. The second-order valence-electron chi connectivity index (χ2n) is 5.97. The Kier molecular flexibility index (Phi) is 4.32. The fraction of sp³-hybridized carbons (Fsp3) is 0.0455. The number of benzene rings is 3. The highest BCUT2D eigenvalue weighted by molar-refractivity contribution is 7.20. The van der Waals surface area contributed by atoms with Gasteiger partial charge in [-0.3, -0.25) is 4.79 Å². The fourth-order valence-electron chi connectivity index (χ4n) is 2.88. The smallest absolute Gasteiger partial charge is 0.265 e. The van der Waals surface area contributed by atoms with E-state index in [1.54, 1.807) is 0 Å². The Morgan fingerprint density at radius 2 is 1.56 bits per heavy atom. The van der Waals surface area contributed by atoms with Gasteiger partial charge in [0.15, 0.2) is 0 Å². The molecule has 1 N–H and O–H groups in total. The van der Waals surface area contributed by atoms with E-state index in [2.05, 4.69) is 23.5 Å². The molecule has 3 heteroatoms. The maximum Gasteiger partial charge on any atom is 0.265 e. The van der Waals surface area contributed by atoms with Gasteiger partial charge in [0, 0.05) is 10.4 Å². The molecule has 4 rings (SSSR count). The number of fused-ring (bicyclic) bond motifs is 1. The topological polar surface area (TPSA) is 29.1 Å². The number of thiophene rings is 1. The molecule has 4 aromatic rings. The molecule has 0 aliphatic heterocycles. The van der Waals surface area contributed by atoms with Crippen LogP contribution in [0.1, 0.15) is 20.8 Å². The van der Waals surface area contributed by atoms with Gasteiger partial charge in [-0.05, 0) is 47.2 Å². The van der Waals surface area contributed by atoms with E-state index in [4.69, 9.17) is 0 Å². The molecule has 0 unspecified atom stereocenters. The lowest BCUT2D eigenvalue weighted by atomic mass is 10.0. The normalized spacial score (nSPS) is 10.7. The summed E-state index contributed by atoms with van der Waals surface area (Å²) in [6.45, 7) is 0. The maximum atomic E-state index is 12.6. The predicted octanol–water partition coefficient (Wildman–Crippen LogP) is 5.74. The number of hydrogen-bond acceptors (Lipinski definition) is 2. The first-order chi connectivity index (χ1) is 12.3. The van der Waals surface area contributed by atoms with Gasteiger partial charge in [-0.1, -0.05) is 60.7 Å². The minimum atomic E-state index is -0.0574. The minimum absolute atomic E-state index is 0.0574. The van der Waals surface area contributed by atoms with Crippen molar-refractivity contribution >= 4 is 33.0 Å². The van der Waals surface area contributed by atoms with Crippen LogP contribution in [-0.2, 0) is 6.42 Å². The van der Waals surface area contributed by atoms with Crippen LogP contribution in [0, 0.1) is 0 Å². The van der Waals surface area contributed by atoms with Crippen molar-refractivity contribution in [3.05, 3.63) is 101 Å². The van der Waals surface area contributed by atoms with Crippen LogP contribution < -0.4 is 5.32 Å². The molecule has 0 saturated heterocycles. The Morgan fingerprint density at radius 1 is 0.800 bits per heavy atom. The van der Waals surface area contributed by atoms with Gasteiger partial charge >= 0.3 is 0 Å². The summed E-state index contributed by atoms with van der Waals surface area (Å²) in [6.07, 6.45) is 0.855. The molecule has 0 fully saturated rings. The zero-order valence-corrected chi connectivity index (χ0v) is 14.4.